The van der Waals surface area contributed by atoms with Crippen LogP contribution in [0.4, 0.5) is 20.5 Å². The van der Waals surface area contributed by atoms with Gasteiger partial charge in [-0.05, 0) is 51.4 Å². The molecule has 4 aromatic rings. The Morgan fingerprint density at radius 2 is 1.93 bits per heavy atom. The summed E-state index contributed by atoms with van der Waals surface area (Å²) in [6, 6.07) is 4.90. The molecule has 0 aliphatic carbocycles. The maximum Gasteiger partial charge on any atom is 0.249 e. The van der Waals surface area contributed by atoms with Crippen molar-refractivity contribution in [2.75, 3.05) is 50.1 Å². The summed E-state index contributed by atoms with van der Waals surface area (Å²) in [6.07, 6.45) is 12.8. The van der Waals surface area contributed by atoms with Gasteiger partial charge >= 0.3 is 0 Å². The summed E-state index contributed by atoms with van der Waals surface area (Å²) < 4.78 is 31.5. The van der Waals surface area contributed by atoms with Gasteiger partial charge < -0.3 is 20.1 Å². The number of H-pyrrole nitrogens is 1. The molecule has 6 heterocycles. The summed E-state index contributed by atoms with van der Waals surface area (Å²) >= 11 is 0. The first-order valence-electron chi connectivity index (χ1n) is 14.9. The average molecular weight is 585 g/mol. The first kappa shape index (κ1) is 27.7. The van der Waals surface area contributed by atoms with Crippen molar-refractivity contribution in [3.8, 4) is 23.6 Å². The Labute approximate surface area is 248 Å². The van der Waals surface area contributed by atoms with Crippen LogP contribution in [0.1, 0.15) is 37.7 Å². The van der Waals surface area contributed by atoms with E-state index in [0.717, 1.165) is 51.7 Å². The minimum atomic E-state index is -0.706. The lowest BCUT2D eigenvalue weighted by atomic mass is 9.99. The second-order valence-electron chi connectivity index (χ2n) is 12.0. The topological polar surface area (TPSA) is 93.3 Å². The van der Waals surface area contributed by atoms with Gasteiger partial charge in [0.2, 0.25) is 11.5 Å². The lowest BCUT2D eigenvalue weighted by Gasteiger charge is -2.39. The molecule has 2 N–H and O–H groups in total. The predicted octanol–water partition coefficient (Wildman–Crippen LogP) is 3.65. The first-order valence-corrected chi connectivity index (χ1v) is 14.9. The number of hydrogen-bond donors (Lipinski definition) is 2. The molecule has 2 unspecified atom stereocenters. The van der Waals surface area contributed by atoms with E-state index in [1.54, 1.807) is 6.20 Å². The molecule has 222 valence electrons. The highest BCUT2D eigenvalue weighted by molar-refractivity contribution is 6.00. The van der Waals surface area contributed by atoms with Gasteiger partial charge in [-0.2, -0.15) is 4.98 Å². The fourth-order valence-electron chi connectivity index (χ4n) is 7.09. The Morgan fingerprint density at radius 1 is 1.14 bits per heavy atom. The molecule has 3 aromatic heterocycles. The molecule has 7 rings (SSSR count). The number of anilines is 2. The third-order valence-corrected chi connectivity index (χ3v) is 9.41. The number of piperazine rings is 1. The van der Waals surface area contributed by atoms with Crippen molar-refractivity contribution in [1.82, 2.24) is 30.2 Å². The Balaban J connectivity index is 1.41. The zero-order valence-electron chi connectivity index (χ0n) is 24.3. The number of rotatable bonds is 5. The van der Waals surface area contributed by atoms with Gasteiger partial charge in [0.15, 0.2) is 5.82 Å². The van der Waals surface area contributed by atoms with E-state index in [4.69, 9.17) is 16.4 Å². The summed E-state index contributed by atoms with van der Waals surface area (Å²) in [7, 11) is 4.13. The number of likely N-dealkylation sites (N-methyl/N-ethyl adjacent to an activating group) is 2. The van der Waals surface area contributed by atoms with E-state index in [2.05, 4.69) is 43.0 Å². The van der Waals surface area contributed by atoms with Gasteiger partial charge in [-0.1, -0.05) is 12.3 Å². The summed E-state index contributed by atoms with van der Waals surface area (Å²) in [6.45, 7) is 3.19. The minimum absolute atomic E-state index is 0.0678. The number of fused-ring (bicyclic) bond motifs is 4. The number of benzene rings is 1. The zero-order chi connectivity index (χ0) is 29.8. The van der Waals surface area contributed by atoms with Gasteiger partial charge in [0.25, 0.3) is 0 Å². The molecule has 43 heavy (non-hydrogen) atoms. The Kier molecular flexibility index (Phi) is 6.98. The second-order valence-corrected chi connectivity index (χ2v) is 12.0. The Morgan fingerprint density at radius 3 is 2.65 bits per heavy atom. The maximum absolute atomic E-state index is 16.8. The number of terminal acetylenes is 1. The van der Waals surface area contributed by atoms with Crippen molar-refractivity contribution in [2.24, 2.45) is 0 Å². The lowest BCUT2D eigenvalue weighted by molar-refractivity contribution is 0.211. The fraction of sp³-hybridized carbons (Fsp3) is 0.438. The van der Waals surface area contributed by atoms with Crippen molar-refractivity contribution < 1.29 is 8.78 Å². The van der Waals surface area contributed by atoms with E-state index in [1.807, 2.05) is 7.05 Å². The molecule has 3 atom stereocenters. The van der Waals surface area contributed by atoms with Crippen molar-refractivity contribution in [3.63, 3.8) is 0 Å². The average Bonchev–Trinajstić information content (AvgIpc) is 3.20. The van der Waals surface area contributed by atoms with Crippen LogP contribution in [0.5, 0.6) is 0 Å². The number of hydrogen-bond acceptors (Lipinski definition) is 8. The highest BCUT2D eigenvalue weighted by Gasteiger charge is 2.38. The number of nitrogens with zero attached hydrogens (tertiary/aromatic N) is 6. The molecule has 3 fully saturated rings. The summed E-state index contributed by atoms with van der Waals surface area (Å²) in [4.78, 5) is 36.2. The molecule has 11 heteroatoms. The molecule has 9 nitrogen and oxygen atoms in total. The van der Waals surface area contributed by atoms with Crippen LogP contribution in [-0.4, -0.2) is 83.2 Å². The third kappa shape index (κ3) is 4.79. The van der Waals surface area contributed by atoms with E-state index in [9.17, 15) is 9.18 Å². The molecule has 0 spiro atoms. The Bertz CT molecular complexity index is 1810. The summed E-state index contributed by atoms with van der Waals surface area (Å²) in [5.41, 5.74) is -0.139. The molecule has 0 amide bonds. The smallest absolute Gasteiger partial charge is 0.249 e. The number of nitrogens with one attached hydrogen (secondary N) is 2. The van der Waals surface area contributed by atoms with Gasteiger partial charge in [-0.15, -0.1) is 6.42 Å². The number of halogens is 2. The predicted molar refractivity (Wildman–Crippen MR) is 164 cm³/mol. The van der Waals surface area contributed by atoms with Crippen LogP contribution >= 0.6 is 0 Å². The van der Waals surface area contributed by atoms with Crippen LogP contribution in [0.25, 0.3) is 33.1 Å². The highest BCUT2D eigenvalue weighted by Crippen LogP contribution is 2.37. The molecular weight excluding hydrogens is 550 g/mol. The van der Waals surface area contributed by atoms with Crippen molar-refractivity contribution in [3.05, 3.63) is 51.9 Å². The highest BCUT2D eigenvalue weighted by atomic mass is 19.1. The monoisotopic (exact) mass is 584 g/mol. The maximum atomic E-state index is 16.8. The third-order valence-electron chi connectivity index (χ3n) is 9.41. The summed E-state index contributed by atoms with van der Waals surface area (Å²) in [5.74, 6) is 2.09. The molecule has 3 saturated heterocycles. The molecule has 0 saturated carbocycles. The standard InChI is InChI=1S/C32H34F2N8O/c1-4-21-24(33)10-11-25-27(21)22(13-26(43)37-25)29-28(34)30-23(14-36-29)31(40(2)15-18-7-5-6-12-35-18)39-32(38-30)42-16-19-8-9-20(17-42)41(19)3/h1,10-11,13-14,18-20,35H,5-9,12,15-17H2,2-3H3,(H,37,43)/t18-,19?,20?/m0/s1. The number of aromatic nitrogens is 4. The summed E-state index contributed by atoms with van der Waals surface area (Å²) in [5, 5.41) is 4.27. The zero-order valence-corrected chi connectivity index (χ0v) is 24.3. The normalized spacial score (nSPS) is 22.3. The Hall–Kier alpha value is -4.14. The van der Waals surface area contributed by atoms with E-state index in [1.165, 1.54) is 18.2 Å². The number of piperidine rings is 1. The molecule has 0 radical (unpaired) electrons. The van der Waals surface area contributed by atoms with Crippen LogP contribution in [-0.2, 0) is 0 Å². The van der Waals surface area contributed by atoms with E-state index >= 15 is 4.39 Å². The van der Waals surface area contributed by atoms with Gasteiger partial charge in [0, 0.05) is 68.0 Å². The van der Waals surface area contributed by atoms with Crippen molar-refractivity contribution in [2.45, 2.75) is 50.2 Å². The second kappa shape index (κ2) is 10.8. The molecule has 2 bridgehead atoms. The van der Waals surface area contributed by atoms with Crippen LogP contribution in [0, 0.1) is 24.0 Å². The van der Waals surface area contributed by atoms with Crippen LogP contribution in [0.15, 0.2) is 29.2 Å². The van der Waals surface area contributed by atoms with Crippen LogP contribution in [0.2, 0.25) is 0 Å². The molecule has 1 aromatic carbocycles. The quantitative estimate of drug-likeness (QED) is 0.344. The molecule has 3 aliphatic heterocycles. The number of pyridine rings is 2. The molecule has 3 aliphatic rings. The van der Waals surface area contributed by atoms with Gasteiger partial charge in [0.05, 0.1) is 16.5 Å². The minimum Gasteiger partial charge on any atom is -0.357 e. The van der Waals surface area contributed by atoms with E-state index in [0.29, 0.717) is 47.3 Å². The molecular formula is C32H34F2N8O. The van der Waals surface area contributed by atoms with E-state index in [-0.39, 0.29) is 27.7 Å². The van der Waals surface area contributed by atoms with Gasteiger partial charge in [-0.3, -0.25) is 14.7 Å². The van der Waals surface area contributed by atoms with Crippen molar-refractivity contribution in [1.29, 1.82) is 0 Å². The first-order chi connectivity index (χ1) is 20.8. The van der Waals surface area contributed by atoms with Crippen LogP contribution < -0.4 is 20.7 Å². The van der Waals surface area contributed by atoms with E-state index < -0.39 is 17.2 Å². The van der Waals surface area contributed by atoms with Crippen molar-refractivity contribution >= 4 is 33.6 Å². The van der Waals surface area contributed by atoms with Crippen LogP contribution in [0.3, 0.4) is 0 Å². The SMILES string of the molecule is C#Cc1c(F)ccc2[nH]c(=O)cc(-c3ncc4c(N(C)C[C@@H]5CCCCN5)nc(N5CC6CCC(C5)N6C)nc4c3F)c12. The lowest BCUT2D eigenvalue weighted by Crippen LogP contribution is -2.52. The van der Waals surface area contributed by atoms with Gasteiger partial charge in [0.1, 0.15) is 22.8 Å². The van der Waals surface area contributed by atoms with Gasteiger partial charge in [-0.25, -0.2) is 13.8 Å². The fourth-order valence-corrected chi connectivity index (χ4v) is 7.09. The number of aromatic amines is 1. The largest absolute Gasteiger partial charge is 0.357 e.